The summed E-state index contributed by atoms with van der Waals surface area (Å²) in [6.07, 6.45) is 5.22. The number of nitrogens with one attached hydrogen (secondary N) is 1. The van der Waals surface area contributed by atoms with Gasteiger partial charge in [0.15, 0.2) is 5.58 Å². The van der Waals surface area contributed by atoms with E-state index in [1.54, 1.807) is 0 Å². The highest BCUT2D eigenvalue weighted by Gasteiger charge is 2.17. The number of benzene rings is 1. The Balaban J connectivity index is 1.41. The Morgan fingerprint density at radius 3 is 3.13 bits per heavy atom. The molecule has 1 aromatic carbocycles. The smallest absolute Gasteiger partial charge is 0.226 e. The zero-order valence-electron chi connectivity index (χ0n) is 13.8. The van der Waals surface area contributed by atoms with E-state index in [2.05, 4.69) is 22.3 Å². The third kappa shape index (κ3) is 4.10. The van der Waals surface area contributed by atoms with Crippen molar-refractivity contribution in [3.8, 4) is 0 Å². The summed E-state index contributed by atoms with van der Waals surface area (Å²) in [5.41, 5.74) is 1.44. The molecule has 1 atom stereocenters. The van der Waals surface area contributed by atoms with Gasteiger partial charge in [0.25, 0.3) is 0 Å². The lowest BCUT2D eigenvalue weighted by Crippen LogP contribution is -2.39. The molecule has 1 fully saturated rings. The van der Waals surface area contributed by atoms with Crippen molar-refractivity contribution in [2.75, 3.05) is 19.6 Å². The van der Waals surface area contributed by atoms with Crippen LogP contribution < -0.4 is 5.32 Å². The maximum Gasteiger partial charge on any atom is 0.226 e. The van der Waals surface area contributed by atoms with Crippen LogP contribution in [0.1, 0.15) is 38.3 Å². The highest BCUT2D eigenvalue weighted by Crippen LogP contribution is 2.18. The van der Waals surface area contributed by atoms with Gasteiger partial charge >= 0.3 is 0 Å². The number of piperidine rings is 1. The highest BCUT2D eigenvalue weighted by atomic mass is 16.5. The van der Waals surface area contributed by atoms with Crippen molar-refractivity contribution in [3.63, 3.8) is 0 Å². The lowest BCUT2D eigenvalue weighted by molar-refractivity contribution is -0.120. The fourth-order valence-electron chi connectivity index (χ4n) is 3.28. The standard InChI is InChI=1S/C18H25N3O2/c1-14-7-4-5-11-21(14)12-6-10-19-18(22)13-16-15-8-2-3-9-17(15)23-20-16/h2-3,8-9,14H,4-7,10-13H2,1H3,(H,19,22)/t14-/m0/s1. The number of carbonyl (C=O) groups is 1. The number of para-hydroxylation sites is 1. The van der Waals surface area contributed by atoms with E-state index in [-0.39, 0.29) is 12.3 Å². The van der Waals surface area contributed by atoms with E-state index in [0.29, 0.717) is 11.7 Å². The molecular weight excluding hydrogens is 290 g/mol. The number of nitrogens with zero attached hydrogens (tertiary/aromatic N) is 2. The van der Waals surface area contributed by atoms with E-state index < -0.39 is 0 Å². The van der Waals surface area contributed by atoms with Crippen LogP contribution in [0, 0.1) is 0 Å². The first-order valence-corrected chi connectivity index (χ1v) is 8.58. The maximum absolute atomic E-state index is 12.1. The fraction of sp³-hybridized carbons (Fsp3) is 0.556. The van der Waals surface area contributed by atoms with Gasteiger partial charge in [-0.05, 0) is 44.9 Å². The monoisotopic (exact) mass is 315 g/mol. The van der Waals surface area contributed by atoms with E-state index in [0.717, 1.165) is 30.5 Å². The first kappa shape index (κ1) is 16.0. The average Bonchev–Trinajstić information content (AvgIpc) is 2.96. The minimum atomic E-state index is 0.00995. The Morgan fingerprint density at radius 1 is 1.39 bits per heavy atom. The lowest BCUT2D eigenvalue weighted by atomic mass is 10.0. The summed E-state index contributed by atoms with van der Waals surface area (Å²) in [6.45, 7) is 5.28. The molecule has 1 aliphatic heterocycles. The van der Waals surface area contributed by atoms with Gasteiger partial charge in [0.1, 0.15) is 5.69 Å². The van der Waals surface area contributed by atoms with Gasteiger partial charge in [0.2, 0.25) is 5.91 Å². The van der Waals surface area contributed by atoms with Gasteiger partial charge in [0.05, 0.1) is 6.42 Å². The number of carbonyl (C=O) groups excluding carboxylic acids is 1. The topological polar surface area (TPSA) is 58.4 Å². The lowest BCUT2D eigenvalue weighted by Gasteiger charge is -2.33. The average molecular weight is 315 g/mol. The van der Waals surface area contributed by atoms with E-state index in [1.165, 1.54) is 25.8 Å². The van der Waals surface area contributed by atoms with E-state index >= 15 is 0 Å². The molecule has 2 aromatic rings. The van der Waals surface area contributed by atoms with Crippen LogP contribution >= 0.6 is 0 Å². The first-order valence-electron chi connectivity index (χ1n) is 8.58. The van der Waals surface area contributed by atoms with Crippen LogP contribution in [0.3, 0.4) is 0 Å². The zero-order chi connectivity index (χ0) is 16.1. The van der Waals surface area contributed by atoms with Crippen LogP contribution in [0.4, 0.5) is 0 Å². The van der Waals surface area contributed by atoms with Crippen LogP contribution in [-0.4, -0.2) is 41.6 Å². The molecule has 1 aliphatic rings. The van der Waals surface area contributed by atoms with Crippen LogP contribution in [-0.2, 0) is 11.2 Å². The van der Waals surface area contributed by atoms with Gasteiger partial charge in [-0.3, -0.25) is 4.79 Å². The molecule has 124 valence electrons. The van der Waals surface area contributed by atoms with Crippen LogP contribution in [0.15, 0.2) is 28.8 Å². The van der Waals surface area contributed by atoms with Crippen LogP contribution in [0.25, 0.3) is 11.0 Å². The van der Waals surface area contributed by atoms with Crippen LogP contribution in [0.5, 0.6) is 0 Å². The second-order valence-electron chi connectivity index (χ2n) is 6.39. The number of fused-ring (bicyclic) bond motifs is 1. The third-order valence-corrected chi connectivity index (χ3v) is 4.66. The summed E-state index contributed by atoms with van der Waals surface area (Å²) < 4.78 is 5.23. The number of likely N-dealkylation sites (tertiary alicyclic amines) is 1. The van der Waals surface area contributed by atoms with Gasteiger partial charge in [0, 0.05) is 24.5 Å². The fourth-order valence-corrected chi connectivity index (χ4v) is 3.28. The second-order valence-corrected chi connectivity index (χ2v) is 6.39. The second kappa shape index (κ2) is 7.59. The molecule has 0 aliphatic carbocycles. The number of hydrogen-bond acceptors (Lipinski definition) is 4. The highest BCUT2D eigenvalue weighted by molar-refractivity contribution is 5.86. The molecule has 1 aromatic heterocycles. The van der Waals surface area contributed by atoms with Gasteiger partial charge in [-0.1, -0.05) is 23.7 Å². The largest absolute Gasteiger partial charge is 0.356 e. The van der Waals surface area contributed by atoms with Crippen LogP contribution in [0.2, 0.25) is 0 Å². The zero-order valence-corrected chi connectivity index (χ0v) is 13.8. The molecule has 0 radical (unpaired) electrons. The molecule has 5 nitrogen and oxygen atoms in total. The van der Waals surface area contributed by atoms with Crippen molar-refractivity contribution in [2.24, 2.45) is 0 Å². The van der Waals surface area contributed by atoms with Gasteiger partial charge in [-0.2, -0.15) is 0 Å². The minimum Gasteiger partial charge on any atom is -0.356 e. The molecule has 1 N–H and O–H groups in total. The van der Waals surface area contributed by atoms with Crippen molar-refractivity contribution < 1.29 is 9.32 Å². The quantitative estimate of drug-likeness (QED) is 0.833. The SMILES string of the molecule is C[C@H]1CCCCN1CCCNC(=O)Cc1noc2ccccc12. The molecular formula is C18H25N3O2. The molecule has 0 unspecified atom stereocenters. The van der Waals surface area contributed by atoms with E-state index in [9.17, 15) is 4.79 Å². The van der Waals surface area contributed by atoms with E-state index in [1.807, 2.05) is 24.3 Å². The van der Waals surface area contributed by atoms with Gasteiger partial charge < -0.3 is 14.7 Å². The molecule has 5 heteroatoms. The van der Waals surface area contributed by atoms with Gasteiger partial charge in [-0.25, -0.2) is 0 Å². The molecule has 23 heavy (non-hydrogen) atoms. The Bertz CT molecular complexity index is 653. The number of rotatable bonds is 6. The predicted octanol–water partition coefficient (Wildman–Crippen LogP) is 2.75. The summed E-state index contributed by atoms with van der Waals surface area (Å²) in [6, 6.07) is 8.32. The van der Waals surface area contributed by atoms with Crippen molar-refractivity contribution in [3.05, 3.63) is 30.0 Å². The molecule has 0 saturated carbocycles. The number of aromatic nitrogens is 1. The Labute approximate surface area is 137 Å². The Hall–Kier alpha value is -1.88. The number of amides is 1. The summed E-state index contributed by atoms with van der Waals surface area (Å²) >= 11 is 0. The minimum absolute atomic E-state index is 0.00995. The summed E-state index contributed by atoms with van der Waals surface area (Å²) in [5.74, 6) is 0.00995. The Morgan fingerprint density at radius 2 is 2.26 bits per heavy atom. The van der Waals surface area contributed by atoms with Crippen molar-refractivity contribution in [2.45, 2.75) is 45.1 Å². The Kier molecular flexibility index (Phi) is 5.28. The first-order chi connectivity index (χ1) is 11.2. The third-order valence-electron chi connectivity index (χ3n) is 4.66. The maximum atomic E-state index is 12.1. The van der Waals surface area contributed by atoms with Crippen molar-refractivity contribution >= 4 is 16.9 Å². The molecule has 1 amide bonds. The summed E-state index contributed by atoms with van der Waals surface area (Å²) in [5, 5.41) is 7.92. The molecule has 2 heterocycles. The number of hydrogen-bond donors (Lipinski definition) is 1. The normalized spacial score (nSPS) is 19.1. The molecule has 0 bridgehead atoms. The van der Waals surface area contributed by atoms with E-state index in [4.69, 9.17) is 4.52 Å². The molecule has 0 spiro atoms. The molecule has 1 saturated heterocycles. The summed E-state index contributed by atoms with van der Waals surface area (Å²) in [4.78, 5) is 14.6. The molecule has 3 rings (SSSR count). The van der Waals surface area contributed by atoms with Gasteiger partial charge in [-0.15, -0.1) is 0 Å². The predicted molar refractivity (Wildman–Crippen MR) is 90.2 cm³/mol. The van der Waals surface area contributed by atoms with Crippen molar-refractivity contribution in [1.29, 1.82) is 0 Å². The van der Waals surface area contributed by atoms with Crippen molar-refractivity contribution in [1.82, 2.24) is 15.4 Å². The summed E-state index contributed by atoms with van der Waals surface area (Å²) in [7, 11) is 0.